The fourth-order valence-corrected chi connectivity index (χ4v) is 3.19. The van der Waals surface area contributed by atoms with E-state index in [4.69, 9.17) is 18.8 Å². The first-order valence-corrected chi connectivity index (χ1v) is 9.12. The molecule has 2 N–H and O–H groups in total. The summed E-state index contributed by atoms with van der Waals surface area (Å²) in [5.41, 5.74) is 4.37. The van der Waals surface area contributed by atoms with Gasteiger partial charge in [0.1, 0.15) is 5.70 Å². The van der Waals surface area contributed by atoms with Gasteiger partial charge in [-0.1, -0.05) is 48.5 Å². The molecule has 26 heavy (non-hydrogen) atoms. The van der Waals surface area contributed by atoms with Gasteiger partial charge >= 0.3 is 10.1 Å². The number of benzene rings is 2. The normalized spacial score (nSPS) is 22.4. The minimum absolute atomic E-state index is 0.149. The Morgan fingerprint density at radius 2 is 1.88 bits per heavy atom. The molecule has 1 heterocycles. The maximum atomic E-state index is 12.8. The van der Waals surface area contributed by atoms with Gasteiger partial charge in [0.25, 0.3) is 0 Å². The Morgan fingerprint density at radius 1 is 1.19 bits per heavy atom. The molecule has 0 fully saturated rings. The number of hydrogen-bond acceptors (Lipinski definition) is 6. The second-order valence-corrected chi connectivity index (χ2v) is 7.04. The van der Waals surface area contributed by atoms with E-state index in [-0.39, 0.29) is 11.1 Å². The number of ketones is 1. The summed E-state index contributed by atoms with van der Waals surface area (Å²) in [5, 5.41) is 0. The van der Waals surface area contributed by atoms with Crippen molar-refractivity contribution in [3.05, 3.63) is 82.4 Å². The van der Waals surface area contributed by atoms with Crippen molar-refractivity contribution in [2.24, 2.45) is 5.73 Å². The maximum absolute atomic E-state index is 12.8. The number of carbonyl (C=O) groups excluding carboxylic acids is 1. The van der Waals surface area contributed by atoms with Crippen LogP contribution in [0.25, 0.3) is 0 Å². The minimum atomic E-state index is -5.00. The van der Waals surface area contributed by atoms with E-state index in [1.54, 1.807) is 25.1 Å². The fourth-order valence-electron chi connectivity index (χ4n) is 2.35. The van der Waals surface area contributed by atoms with Gasteiger partial charge in [0.05, 0.1) is 4.11 Å². The predicted molar refractivity (Wildman–Crippen MR) is 96.1 cm³/mol. The van der Waals surface area contributed by atoms with E-state index < -0.39 is 39.3 Å². The van der Waals surface area contributed by atoms with Gasteiger partial charge in [-0.2, -0.15) is 8.42 Å². The molecular weight excluding hydrogens is 354 g/mol. The molecule has 0 unspecified atom stereocenters. The monoisotopic (exact) mass is 376 g/mol. The van der Waals surface area contributed by atoms with Crippen molar-refractivity contribution in [2.45, 2.75) is 25.6 Å². The van der Waals surface area contributed by atoms with E-state index in [9.17, 15) is 13.2 Å². The molecule has 6 nitrogen and oxygen atoms in total. The molecule has 0 bridgehead atoms. The van der Waals surface area contributed by atoms with Crippen molar-refractivity contribution in [2.75, 3.05) is 0 Å². The number of nitrogens with two attached hydrogens (primary N) is 1. The number of rotatable bonds is 5. The van der Waals surface area contributed by atoms with Crippen LogP contribution in [-0.2, 0) is 29.5 Å². The summed E-state index contributed by atoms with van der Waals surface area (Å²) in [6.07, 6.45) is -2.33. The molecule has 0 saturated heterocycles. The molecular formula is C19H19NO5S. The van der Waals surface area contributed by atoms with Crippen molar-refractivity contribution in [3.63, 3.8) is 0 Å². The van der Waals surface area contributed by atoms with Crippen molar-refractivity contribution in [1.82, 2.24) is 0 Å². The molecule has 2 aromatic carbocycles. The zero-order valence-electron chi connectivity index (χ0n) is 17.1. The lowest BCUT2D eigenvalue weighted by Gasteiger charge is -2.12. The standard InChI is InChI=1S/C19H19NO5S/c1-12-8-9-15(10-13(12)2)17-16(21)18(19(20)24-17)25-26(22,23)11-14-6-4-3-5-7-14/h3-10,17H,11,20H2,1-2H3/t17-/m1/s1/i11D2,17D. The van der Waals surface area contributed by atoms with E-state index >= 15 is 0 Å². The summed E-state index contributed by atoms with van der Waals surface area (Å²) >= 11 is 0. The lowest BCUT2D eigenvalue weighted by molar-refractivity contribution is -0.123. The summed E-state index contributed by atoms with van der Waals surface area (Å²) in [7, 11) is -5.00. The molecule has 0 radical (unpaired) electrons. The Kier molecular flexibility index (Phi) is 3.78. The molecule has 2 aromatic rings. The Balaban J connectivity index is 1.95. The second kappa shape index (κ2) is 6.84. The third kappa shape index (κ3) is 3.72. The van der Waals surface area contributed by atoms with Gasteiger partial charge < -0.3 is 14.7 Å². The summed E-state index contributed by atoms with van der Waals surface area (Å²) in [6, 6.07) is 11.8. The van der Waals surface area contributed by atoms with E-state index in [1.165, 1.54) is 30.3 Å². The molecule has 3 rings (SSSR count). The van der Waals surface area contributed by atoms with Gasteiger partial charge in [-0.25, -0.2) is 0 Å². The van der Waals surface area contributed by atoms with E-state index in [2.05, 4.69) is 0 Å². The van der Waals surface area contributed by atoms with Gasteiger partial charge in [-0.15, -0.1) is 0 Å². The van der Waals surface area contributed by atoms with Gasteiger partial charge in [-0.05, 0) is 30.5 Å². The van der Waals surface area contributed by atoms with Crippen LogP contribution < -0.4 is 5.73 Å². The molecule has 1 atom stereocenters. The molecule has 1 aliphatic rings. The van der Waals surface area contributed by atoms with Crippen LogP contribution in [0, 0.1) is 13.8 Å². The fraction of sp³-hybridized carbons (Fsp3) is 0.211. The molecule has 0 spiro atoms. The first-order valence-electron chi connectivity index (χ1n) is 9.21. The number of ether oxygens (including phenoxy) is 1. The SMILES string of the molecule is [2H]C([2H])(c1ccccc1)S(=O)(=O)OC1=C(N)O[C@]([2H])(c2ccc(C)c(C)c2)C1=O. The van der Waals surface area contributed by atoms with E-state index in [1.807, 2.05) is 6.92 Å². The van der Waals surface area contributed by atoms with Gasteiger partial charge in [-0.3, -0.25) is 4.79 Å². The van der Waals surface area contributed by atoms with Crippen LogP contribution >= 0.6 is 0 Å². The molecule has 0 aromatic heterocycles. The van der Waals surface area contributed by atoms with Gasteiger partial charge in [0.2, 0.25) is 17.4 Å². The smallest absolute Gasteiger partial charge is 0.313 e. The summed E-state index contributed by atoms with van der Waals surface area (Å²) in [4.78, 5) is 12.8. The van der Waals surface area contributed by atoms with Crippen LogP contribution in [0.3, 0.4) is 0 Å². The summed E-state index contributed by atoms with van der Waals surface area (Å²) in [6.45, 7) is 3.64. The average molecular weight is 376 g/mol. The second-order valence-electron chi connectivity index (χ2n) is 5.76. The van der Waals surface area contributed by atoms with Gasteiger partial charge in [0.15, 0.2) is 6.08 Å². The van der Waals surface area contributed by atoms with Gasteiger partial charge in [0, 0.05) is 5.56 Å². The Labute approximate surface area is 156 Å². The zero-order valence-corrected chi connectivity index (χ0v) is 15.0. The summed E-state index contributed by atoms with van der Waals surface area (Å²) < 4.78 is 59.5. The third-order valence-corrected chi connectivity index (χ3v) is 4.70. The van der Waals surface area contributed by atoms with E-state index in [0.717, 1.165) is 11.1 Å². The maximum Gasteiger partial charge on any atom is 0.313 e. The lowest BCUT2D eigenvalue weighted by Crippen LogP contribution is -2.16. The topological polar surface area (TPSA) is 95.7 Å². The number of aryl methyl sites for hydroxylation is 2. The molecule has 0 amide bonds. The van der Waals surface area contributed by atoms with Crippen molar-refractivity contribution in [3.8, 4) is 0 Å². The van der Waals surface area contributed by atoms with Crippen LogP contribution in [0.5, 0.6) is 0 Å². The Morgan fingerprint density at radius 3 is 2.54 bits per heavy atom. The molecule has 0 saturated carbocycles. The Hall–Kier alpha value is -2.80. The molecule has 1 aliphatic heterocycles. The number of hydrogen-bond donors (Lipinski definition) is 1. The third-order valence-electron chi connectivity index (χ3n) is 3.83. The minimum Gasteiger partial charge on any atom is -0.460 e. The molecule has 7 heteroatoms. The van der Waals surface area contributed by atoms with Crippen molar-refractivity contribution < 1.29 is 26.2 Å². The highest BCUT2D eigenvalue weighted by Crippen LogP contribution is 2.33. The molecule has 0 aliphatic carbocycles. The highest BCUT2D eigenvalue weighted by molar-refractivity contribution is 7.86. The zero-order chi connectivity index (χ0) is 21.6. The van der Waals surface area contributed by atoms with Crippen LogP contribution in [0.1, 0.15) is 32.4 Å². The van der Waals surface area contributed by atoms with E-state index in [0.29, 0.717) is 0 Å². The lowest BCUT2D eigenvalue weighted by atomic mass is 10.0. The highest BCUT2D eigenvalue weighted by Gasteiger charge is 2.39. The summed E-state index contributed by atoms with van der Waals surface area (Å²) in [5.74, 6) is -2.75. The average Bonchev–Trinajstić information content (AvgIpc) is 2.88. The predicted octanol–water partition coefficient (Wildman–Crippen LogP) is 2.62. The highest BCUT2D eigenvalue weighted by atomic mass is 32.2. The largest absolute Gasteiger partial charge is 0.460 e. The number of Topliss-reactive ketones (excluding diaryl/α,β-unsaturated/α-hetero) is 1. The first-order chi connectivity index (χ1) is 13.4. The van der Waals surface area contributed by atoms with Crippen LogP contribution in [0.2, 0.25) is 0 Å². The first kappa shape index (κ1) is 14.4. The van der Waals surface area contributed by atoms with Crippen LogP contribution in [0.15, 0.2) is 60.2 Å². The Bertz CT molecular complexity index is 1120. The molecule has 136 valence electrons. The quantitative estimate of drug-likeness (QED) is 0.806. The van der Waals surface area contributed by atoms with Crippen LogP contribution in [0.4, 0.5) is 0 Å². The van der Waals surface area contributed by atoms with Crippen LogP contribution in [-0.4, -0.2) is 14.2 Å². The van der Waals surface area contributed by atoms with Crippen molar-refractivity contribution in [1.29, 1.82) is 0 Å². The number of carbonyl (C=O) groups is 1. The van der Waals surface area contributed by atoms with Crippen molar-refractivity contribution >= 4 is 15.9 Å².